The van der Waals surface area contributed by atoms with Gasteiger partial charge in [-0.15, -0.1) is 0 Å². The smallest absolute Gasteiger partial charge is 0.143 e. The second-order valence-electron chi connectivity index (χ2n) is 6.78. The highest BCUT2D eigenvalue weighted by Crippen LogP contribution is 2.52. The van der Waals surface area contributed by atoms with E-state index in [1.807, 2.05) is 0 Å². The van der Waals surface area contributed by atoms with Crippen molar-refractivity contribution in [1.82, 2.24) is 10.4 Å². The molecular weight excluding hydrogens is 268 g/mol. The van der Waals surface area contributed by atoms with Crippen LogP contribution in [0.25, 0.3) is 0 Å². The Bertz CT molecular complexity index is 666. The number of likely N-dealkylation sites (N-methyl/N-ethyl adjacent to an activating group) is 1. The molecule has 4 rings (SSSR count). The lowest BCUT2D eigenvalue weighted by molar-refractivity contribution is 0.539. The Hall–Kier alpha value is -1.64. The van der Waals surface area contributed by atoms with Crippen molar-refractivity contribution in [3.8, 4) is 0 Å². The van der Waals surface area contributed by atoms with Gasteiger partial charge in [0.1, 0.15) is 5.66 Å². The summed E-state index contributed by atoms with van der Waals surface area (Å²) in [5, 5.41) is 2.23. The Morgan fingerprint density at radius 3 is 2.68 bits per heavy atom. The van der Waals surface area contributed by atoms with Gasteiger partial charge in [0.25, 0.3) is 0 Å². The summed E-state index contributed by atoms with van der Waals surface area (Å²) < 4.78 is 0. The second kappa shape index (κ2) is 5.22. The van der Waals surface area contributed by atoms with Gasteiger partial charge in [-0.3, -0.25) is 0 Å². The van der Waals surface area contributed by atoms with Gasteiger partial charge in [0.2, 0.25) is 0 Å². The molecule has 3 unspecified atom stereocenters. The van der Waals surface area contributed by atoms with Gasteiger partial charge in [-0.25, -0.2) is 10.4 Å². The molecule has 1 spiro atoms. The van der Waals surface area contributed by atoms with E-state index in [9.17, 15) is 0 Å². The summed E-state index contributed by atoms with van der Waals surface area (Å²) in [6.45, 7) is 2.06. The standard InChI is InChI=1S/C20H24N2/c1-3-4-5-8-15-13-18(16-11-12-16)17-9-6-7-10-19(17)20(14-15)21-22(20)2/h3-10,14,16,18,21H,11-13H2,1-2H3/b4-3-,8-5-. The Morgan fingerprint density at radius 1 is 1.23 bits per heavy atom. The summed E-state index contributed by atoms with van der Waals surface area (Å²) in [5.41, 5.74) is 7.90. The molecule has 1 heterocycles. The van der Waals surface area contributed by atoms with E-state index < -0.39 is 0 Å². The third-order valence-corrected chi connectivity index (χ3v) is 5.24. The van der Waals surface area contributed by atoms with E-state index in [4.69, 9.17) is 0 Å². The largest absolute Gasteiger partial charge is 0.224 e. The third-order valence-electron chi connectivity index (χ3n) is 5.24. The maximum absolute atomic E-state index is 3.55. The zero-order chi connectivity index (χ0) is 15.2. The first-order chi connectivity index (χ1) is 10.7. The van der Waals surface area contributed by atoms with Crippen LogP contribution >= 0.6 is 0 Å². The normalized spacial score (nSPS) is 34.0. The fourth-order valence-electron chi connectivity index (χ4n) is 3.86. The van der Waals surface area contributed by atoms with Gasteiger partial charge in [0, 0.05) is 7.05 Å². The predicted molar refractivity (Wildman–Crippen MR) is 91.1 cm³/mol. The number of hydrogen-bond donors (Lipinski definition) is 1. The van der Waals surface area contributed by atoms with Crippen LogP contribution < -0.4 is 5.43 Å². The van der Waals surface area contributed by atoms with Crippen molar-refractivity contribution in [2.75, 3.05) is 7.05 Å². The zero-order valence-electron chi connectivity index (χ0n) is 13.4. The number of hydrogen-bond acceptors (Lipinski definition) is 2. The molecule has 2 heteroatoms. The first-order valence-corrected chi connectivity index (χ1v) is 8.37. The van der Waals surface area contributed by atoms with E-state index in [-0.39, 0.29) is 5.66 Å². The molecule has 114 valence electrons. The van der Waals surface area contributed by atoms with Gasteiger partial charge >= 0.3 is 0 Å². The molecule has 2 nitrogen and oxygen atoms in total. The highest BCUT2D eigenvalue weighted by atomic mass is 15.8. The van der Waals surface area contributed by atoms with Crippen molar-refractivity contribution >= 4 is 0 Å². The summed E-state index contributed by atoms with van der Waals surface area (Å²) >= 11 is 0. The van der Waals surface area contributed by atoms with Crippen molar-refractivity contribution in [1.29, 1.82) is 0 Å². The summed E-state index contributed by atoms with van der Waals surface area (Å²) in [6.07, 6.45) is 15.0. The molecule has 22 heavy (non-hydrogen) atoms. The molecule has 1 aliphatic heterocycles. The molecular formula is C20H24N2. The molecule has 1 aromatic carbocycles. The lowest BCUT2D eigenvalue weighted by Gasteiger charge is -2.19. The van der Waals surface area contributed by atoms with Gasteiger partial charge in [-0.05, 0) is 60.8 Å². The van der Waals surface area contributed by atoms with Crippen LogP contribution in [0.5, 0.6) is 0 Å². The van der Waals surface area contributed by atoms with Crippen LogP contribution in [0.2, 0.25) is 0 Å². The molecule has 0 bridgehead atoms. The highest BCUT2D eigenvalue weighted by Gasteiger charge is 2.52. The number of fused-ring (bicyclic) bond motifs is 2. The van der Waals surface area contributed by atoms with E-state index in [0.717, 1.165) is 12.3 Å². The highest BCUT2D eigenvalue weighted by molar-refractivity contribution is 5.48. The minimum Gasteiger partial charge on any atom is -0.224 e. The molecule has 1 saturated carbocycles. The van der Waals surface area contributed by atoms with Crippen LogP contribution in [0.15, 0.2) is 60.2 Å². The Balaban J connectivity index is 1.79. The molecule has 1 saturated heterocycles. The second-order valence-corrected chi connectivity index (χ2v) is 6.78. The molecule has 0 aromatic heterocycles. The SMILES string of the molecule is C/C=C\C=C/C1=CC2(NN2C)c2ccccc2C(C2CC2)C1. The van der Waals surface area contributed by atoms with Crippen molar-refractivity contribution in [2.45, 2.75) is 37.8 Å². The Kier molecular flexibility index (Phi) is 3.32. The van der Waals surface area contributed by atoms with E-state index in [0.29, 0.717) is 5.92 Å². The summed E-state index contributed by atoms with van der Waals surface area (Å²) in [4.78, 5) is 0. The molecule has 3 aliphatic rings. The van der Waals surface area contributed by atoms with Crippen molar-refractivity contribution in [3.63, 3.8) is 0 Å². The summed E-state index contributed by atoms with van der Waals surface area (Å²) in [7, 11) is 2.14. The van der Waals surface area contributed by atoms with Crippen LogP contribution in [-0.4, -0.2) is 12.1 Å². The molecule has 1 aromatic rings. The van der Waals surface area contributed by atoms with Crippen molar-refractivity contribution < 1.29 is 0 Å². The lowest BCUT2D eigenvalue weighted by atomic mass is 9.86. The number of allylic oxidation sites excluding steroid dienone is 5. The third kappa shape index (κ3) is 2.27. The predicted octanol–water partition coefficient (Wildman–Crippen LogP) is 4.25. The van der Waals surface area contributed by atoms with Crippen LogP contribution in [0.4, 0.5) is 0 Å². The first-order valence-electron chi connectivity index (χ1n) is 8.37. The van der Waals surface area contributed by atoms with E-state index in [2.05, 4.69) is 79.1 Å². The van der Waals surface area contributed by atoms with Gasteiger partial charge in [-0.1, -0.05) is 48.6 Å². The average Bonchev–Trinajstić information content (AvgIpc) is 3.42. The fraction of sp³-hybridized carbons (Fsp3) is 0.400. The number of benzene rings is 1. The number of rotatable bonds is 3. The van der Waals surface area contributed by atoms with E-state index >= 15 is 0 Å². The molecule has 2 aliphatic carbocycles. The van der Waals surface area contributed by atoms with Crippen LogP contribution in [0.1, 0.15) is 43.2 Å². The van der Waals surface area contributed by atoms with Gasteiger partial charge in [0.05, 0.1) is 0 Å². The monoisotopic (exact) mass is 292 g/mol. The van der Waals surface area contributed by atoms with E-state index in [1.165, 1.54) is 24.0 Å². The summed E-state index contributed by atoms with van der Waals surface area (Å²) in [5.74, 6) is 1.55. The van der Waals surface area contributed by atoms with Crippen LogP contribution in [0, 0.1) is 5.92 Å². The Morgan fingerprint density at radius 2 is 2.00 bits per heavy atom. The number of nitrogens with one attached hydrogen (secondary N) is 1. The number of nitrogens with zero attached hydrogens (tertiary/aromatic N) is 1. The zero-order valence-corrected chi connectivity index (χ0v) is 13.4. The molecule has 2 fully saturated rings. The molecule has 0 radical (unpaired) electrons. The van der Waals surface area contributed by atoms with Gasteiger partial charge in [-0.2, -0.15) is 0 Å². The Labute approximate surface area is 133 Å². The van der Waals surface area contributed by atoms with Crippen LogP contribution in [0.3, 0.4) is 0 Å². The quantitative estimate of drug-likeness (QED) is 0.665. The molecule has 0 amide bonds. The van der Waals surface area contributed by atoms with Crippen LogP contribution in [-0.2, 0) is 5.66 Å². The first kappa shape index (κ1) is 14.0. The molecule has 3 atom stereocenters. The minimum atomic E-state index is -0.0875. The average molecular weight is 292 g/mol. The minimum absolute atomic E-state index is 0.0875. The topological polar surface area (TPSA) is 25.0 Å². The lowest BCUT2D eigenvalue weighted by Crippen LogP contribution is -2.15. The van der Waals surface area contributed by atoms with Crippen molar-refractivity contribution in [3.05, 3.63) is 71.3 Å². The maximum atomic E-state index is 3.55. The fourth-order valence-corrected chi connectivity index (χ4v) is 3.86. The maximum Gasteiger partial charge on any atom is 0.143 e. The van der Waals surface area contributed by atoms with Gasteiger partial charge < -0.3 is 0 Å². The van der Waals surface area contributed by atoms with Gasteiger partial charge in [0.15, 0.2) is 0 Å². The molecule has 1 N–H and O–H groups in total. The summed E-state index contributed by atoms with van der Waals surface area (Å²) in [6, 6.07) is 9.02. The van der Waals surface area contributed by atoms with E-state index in [1.54, 1.807) is 5.56 Å². The number of hydrazine groups is 1. The van der Waals surface area contributed by atoms with Crippen molar-refractivity contribution in [2.24, 2.45) is 5.92 Å².